The van der Waals surface area contributed by atoms with Crippen molar-refractivity contribution in [3.05, 3.63) is 51.0 Å². The average Bonchev–Trinajstić information content (AvgIpc) is 3.28. The number of nitrogens with one attached hydrogen (secondary N) is 1. The molecule has 10 heteroatoms. The molecule has 0 unspecified atom stereocenters. The normalized spacial score (nSPS) is 16.1. The van der Waals surface area contributed by atoms with Crippen LogP contribution in [0.2, 0.25) is 10.3 Å². The molecule has 2 aliphatic rings. The summed E-state index contributed by atoms with van der Waals surface area (Å²) in [7, 11) is 0. The maximum Gasteiger partial charge on any atom is 0.321 e. The topological polar surface area (TPSA) is 76.6 Å². The molecule has 1 saturated heterocycles. The number of ether oxygens (including phenoxy) is 2. The van der Waals surface area contributed by atoms with Gasteiger partial charge in [-0.2, -0.15) is 0 Å². The number of likely N-dealkylation sites (tertiary alicyclic amines) is 1. The number of thiazole rings is 1. The predicted molar refractivity (Wildman–Crippen MR) is 125 cm³/mol. The fraction of sp³-hybridized carbons (Fsp3) is 0.318. The number of benzene rings is 1. The first kappa shape index (κ1) is 21.3. The predicted octanol–water partition coefficient (Wildman–Crippen LogP) is 5.69. The number of piperidine rings is 1. The molecule has 7 nitrogen and oxygen atoms in total. The van der Waals surface area contributed by atoms with Crippen molar-refractivity contribution in [2.75, 3.05) is 31.6 Å². The van der Waals surface area contributed by atoms with Crippen LogP contribution in [-0.2, 0) is 0 Å². The highest BCUT2D eigenvalue weighted by molar-refractivity contribution is 7.10. The molecule has 0 atom stereocenters. The highest BCUT2D eigenvalue weighted by atomic mass is 35.5. The lowest BCUT2D eigenvalue weighted by molar-refractivity contribution is 0.171. The van der Waals surface area contributed by atoms with Crippen molar-refractivity contribution in [2.24, 2.45) is 0 Å². The Labute approximate surface area is 199 Å². The smallest absolute Gasteiger partial charge is 0.321 e. The van der Waals surface area contributed by atoms with E-state index >= 15 is 0 Å². The van der Waals surface area contributed by atoms with Crippen LogP contribution >= 0.6 is 34.5 Å². The van der Waals surface area contributed by atoms with E-state index < -0.39 is 0 Å². The van der Waals surface area contributed by atoms with Crippen LogP contribution in [0, 0.1) is 0 Å². The molecule has 0 bridgehead atoms. The molecule has 32 heavy (non-hydrogen) atoms. The van der Waals surface area contributed by atoms with E-state index in [0.717, 1.165) is 40.6 Å². The molecule has 5 rings (SSSR count). The van der Waals surface area contributed by atoms with Gasteiger partial charge < -0.3 is 19.7 Å². The Morgan fingerprint density at radius 3 is 2.50 bits per heavy atom. The Bertz CT molecular complexity index is 1130. The summed E-state index contributed by atoms with van der Waals surface area (Å²) in [5.41, 5.74) is 2.49. The quantitative estimate of drug-likeness (QED) is 0.476. The van der Waals surface area contributed by atoms with Gasteiger partial charge in [0.2, 0.25) is 0 Å². The molecule has 0 spiro atoms. The second kappa shape index (κ2) is 9.13. The third kappa shape index (κ3) is 4.62. The second-order valence-corrected chi connectivity index (χ2v) is 9.29. The van der Waals surface area contributed by atoms with Gasteiger partial charge in [-0.1, -0.05) is 23.2 Å². The summed E-state index contributed by atoms with van der Waals surface area (Å²) < 4.78 is 11.3. The number of carbonyl (C=O) groups excluding carboxylic acids is 1. The number of nitrogens with zero attached hydrogens (tertiary/aromatic N) is 3. The van der Waals surface area contributed by atoms with Gasteiger partial charge in [-0.3, -0.25) is 0 Å². The molecule has 2 aromatic heterocycles. The van der Waals surface area contributed by atoms with Gasteiger partial charge in [0.25, 0.3) is 0 Å². The van der Waals surface area contributed by atoms with E-state index in [0.29, 0.717) is 37.9 Å². The van der Waals surface area contributed by atoms with Gasteiger partial charge in [0.05, 0.1) is 10.7 Å². The Hall–Kier alpha value is -2.55. The van der Waals surface area contributed by atoms with E-state index in [1.165, 1.54) is 0 Å². The number of aromatic nitrogens is 2. The van der Waals surface area contributed by atoms with E-state index in [-0.39, 0.29) is 16.3 Å². The molecule has 2 amide bonds. The molecule has 1 N–H and O–H groups in total. The van der Waals surface area contributed by atoms with Crippen molar-refractivity contribution in [1.29, 1.82) is 0 Å². The van der Waals surface area contributed by atoms with Crippen LogP contribution in [0.5, 0.6) is 11.5 Å². The summed E-state index contributed by atoms with van der Waals surface area (Å²) >= 11 is 13.5. The van der Waals surface area contributed by atoms with Crippen LogP contribution in [-0.4, -0.2) is 47.2 Å². The number of anilines is 1. The monoisotopic (exact) mass is 490 g/mol. The largest absolute Gasteiger partial charge is 0.486 e. The lowest BCUT2D eigenvalue weighted by Gasteiger charge is -2.31. The number of hydrogen-bond acceptors (Lipinski definition) is 6. The van der Waals surface area contributed by atoms with E-state index in [1.807, 2.05) is 18.2 Å². The third-order valence-corrected chi connectivity index (χ3v) is 6.90. The van der Waals surface area contributed by atoms with Crippen LogP contribution in [0.15, 0.2) is 35.7 Å². The van der Waals surface area contributed by atoms with E-state index in [9.17, 15) is 4.79 Å². The summed E-state index contributed by atoms with van der Waals surface area (Å²) in [5, 5.41) is 6.50. The fourth-order valence-electron chi connectivity index (χ4n) is 3.88. The van der Waals surface area contributed by atoms with Gasteiger partial charge in [0.1, 0.15) is 23.5 Å². The second-order valence-electron chi connectivity index (χ2n) is 7.62. The van der Waals surface area contributed by atoms with Gasteiger partial charge in [-0.05, 0) is 43.2 Å². The van der Waals surface area contributed by atoms with Crippen molar-refractivity contribution in [1.82, 2.24) is 14.9 Å². The zero-order chi connectivity index (χ0) is 22.1. The number of carbonyl (C=O) groups is 1. The van der Waals surface area contributed by atoms with Gasteiger partial charge in [-0.25, -0.2) is 14.8 Å². The molecule has 2 aliphatic heterocycles. The number of urea groups is 1. The summed E-state index contributed by atoms with van der Waals surface area (Å²) in [4.78, 5) is 23.2. The summed E-state index contributed by atoms with van der Waals surface area (Å²) in [6.45, 7) is 2.45. The Morgan fingerprint density at radius 2 is 1.75 bits per heavy atom. The number of hydrogen-bond donors (Lipinski definition) is 1. The lowest BCUT2D eigenvalue weighted by Crippen LogP contribution is -2.40. The fourth-order valence-corrected chi connectivity index (χ4v) is 5.34. The number of halogens is 2. The lowest BCUT2D eigenvalue weighted by atomic mass is 9.98. The maximum atomic E-state index is 12.6. The number of rotatable bonds is 3. The number of amides is 2. The molecule has 3 aromatic rings. The van der Waals surface area contributed by atoms with Crippen molar-refractivity contribution in [3.8, 4) is 22.8 Å². The van der Waals surface area contributed by atoms with Gasteiger partial charge in [-0.15, -0.1) is 11.3 Å². The average molecular weight is 491 g/mol. The van der Waals surface area contributed by atoms with E-state index in [4.69, 9.17) is 37.7 Å². The molecule has 166 valence electrons. The van der Waals surface area contributed by atoms with Crippen molar-refractivity contribution >= 4 is 46.3 Å². The van der Waals surface area contributed by atoms with Gasteiger partial charge in [0, 0.05) is 35.6 Å². The zero-order valence-corrected chi connectivity index (χ0v) is 19.3. The molecule has 1 aromatic carbocycles. The Kier molecular flexibility index (Phi) is 6.08. The molecule has 0 radical (unpaired) electrons. The molecule has 0 saturated carbocycles. The molecular formula is C22H20Cl2N4O3S. The first-order chi connectivity index (χ1) is 15.5. The SMILES string of the molecule is O=C(Nc1cc(Cl)nc(Cl)c1)N1CCC(c2nc(-c3ccc4c(c3)OCCO4)cs2)CC1. The molecule has 1 fully saturated rings. The highest BCUT2D eigenvalue weighted by Gasteiger charge is 2.26. The first-order valence-corrected chi connectivity index (χ1v) is 11.9. The van der Waals surface area contributed by atoms with Crippen LogP contribution in [0.3, 0.4) is 0 Å². The van der Waals surface area contributed by atoms with Crippen molar-refractivity contribution in [2.45, 2.75) is 18.8 Å². The van der Waals surface area contributed by atoms with E-state index in [2.05, 4.69) is 15.7 Å². The van der Waals surface area contributed by atoms with Crippen LogP contribution in [0.25, 0.3) is 11.3 Å². The minimum absolute atomic E-state index is 0.169. The zero-order valence-electron chi connectivity index (χ0n) is 17.0. The maximum absolute atomic E-state index is 12.6. The minimum Gasteiger partial charge on any atom is -0.486 e. The number of pyridine rings is 1. The van der Waals surface area contributed by atoms with E-state index in [1.54, 1.807) is 28.4 Å². The summed E-state index contributed by atoms with van der Waals surface area (Å²) in [5.74, 6) is 1.87. The van der Waals surface area contributed by atoms with Crippen molar-refractivity contribution in [3.63, 3.8) is 0 Å². The minimum atomic E-state index is -0.169. The molecule has 0 aliphatic carbocycles. The molecule has 4 heterocycles. The Morgan fingerprint density at radius 1 is 1.03 bits per heavy atom. The first-order valence-electron chi connectivity index (χ1n) is 10.3. The van der Waals surface area contributed by atoms with Crippen LogP contribution < -0.4 is 14.8 Å². The van der Waals surface area contributed by atoms with Crippen LogP contribution in [0.4, 0.5) is 10.5 Å². The summed E-state index contributed by atoms with van der Waals surface area (Å²) in [6, 6.07) is 8.91. The number of fused-ring (bicyclic) bond motifs is 1. The Balaban J connectivity index is 1.20. The third-order valence-electron chi connectivity index (χ3n) is 5.51. The highest BCUT2D eigenvalue weighted by Crippen LogP contribution is 2.37. The van der Waals surface area contributed by atoms with Crippen LogP contribution in [0.1, 0.15) is 23.8 Å². The van der Waals surface area contributed by atoms with Gasteiger partial charge >= 0.3 is 6.03 Å². The molecular weight excluding hydrogens is 471 g/mol. The van der Waals surface area contributed by atoms with Gasteiger partial charge in [0.15, 0.2) is 11.5 Å². The summed E-state index contributed by atoms with van der Waals surface area (Å²) in [6.07, 6.45) is 1.72. The van der Waals surface area contributed by atoms with Crippen molar-refractivity contribution < 1.29 is 14.3 Å². The standard InChI is InChI=1S/C22H20Cl2N4O3S/c23-19-10-15(11-20(24)27-19)25-22(29)28-5-3-13(4-6-28)21-26-16(12-32-21)14-1-2-17-18(9-14)31-8-7-30-17/h1-2,9-13H,3-8H2,(H,25,27,29).